The van der Waals surface area contributed by atoms with Gasteiger partial charge in [-0.2, -0.15) is 5.10 Å². The van der Waals surface area contributed by atoms with Gasteiger partial charge in [0.05, 0.1) is 18.7 Å². The number of benzene rings is 2. The van der Waals surface area contributed by atoms with E-state index in [1.807, 2.05) is 0 Å². The Bertz CT molecular complexity index is 1280. The molecule has 2 aromatic carbocycles. The van der Waals surface area contributed by atoms with Gasteiger partial charge in [0.15, 0.2) is 17.5 Å². The van der Waals surface area contributed by atoms with E-state index >= 15 is 0 Å². The molecule has 1 aliphatic rings. The molecule has 1 aliphatic heterocycles. The first-order valence-electron chi connectivity index (χ1n) is 12.2. The quantitative estimate of drug-likeness (QED) is 0.249. The van der Waals surface area contributed by atoms with Crippen LogP contribution < -0.4 is 5.43 Å². The van der Waals surface area contributed by atoms with Crippen LogP contribution in [0.1, 0.15) is 23.2 Å². The molecule has 2 heterocycles. The fraction of sp³-hybridized carbons (Fsp3) is 0.370. The Balaban J connectivity index is 1.34. The van der Waals surface area contributed by atoms with Crippen molar-refractivity contribution < 1.29 is 22.7 Å². The van der Waals surface area contributed by atoms with Crippen molar-refractivity contribution in [3.05, 3.63) is 93.2 Å². The monoisotopic (exact) mass is 514 g/mol. The van der Waals surface area contributed by atoms with Crippen molar-refractivity contribution in [1.29, 1.82) is 0 Å². The summed E-state index contributed by atoms with van der Waals surface area (Å²) in [7, 11) is 2.11. The van der Waals surface area contributed by atoms with Crippen LogP contribution in [-0.2, 0) is 22.4 Å². The minimum absolute atomic E-state index is 0.0539. The highest BCUT2D eigenvalue weighted by Gasteiger charge is 2.15. The molecule has 0 unspecified atom stereocenters. The average molecular weight is 515 g/mol. The maximum Gasteiger partial charge on any atom is 0.310 e. The van der Waals surface area contributed by atoms with Gasteiger partial charge >= 0.3 is 5.97 Å². The lowest BCUT2D eigenvalue weighted by Crippen LogP contribution is -2.44. The van der Waals surface area contributed by atoms with Gasteiger partial charge in [-0.1, -0.05) is 24.3 Å². The number of rotatable bonds is 9. The first-order chi connectivity index (χ1) is 17.8. The number of hydrogen-bond acceptors (Lipinski definition) is 6. The summed E-state index contributed by atoms with van der Waals surface area (Å²) in [6.45, 7) is 5.41. The van der Waals surface area contributed by atoms with Crippen LogP contribution in [0.3, 0.4) is 0 Å². The molecule has 1 aromatic heterocycles. The van der Waals surface area contributed by atoms with Gasteiger partial charge < -0.3 is 14.5 Å². The summed E-state index contributed by atoms with van der Waals surface area (Å²) in [5, 5.41) is 4.18. The Hall–Kier alpha value is -3.50. The second-order valence-electron chi connectivity index (χ2n) is 9.19. The highest BCUT2D eigenvalue weighted by molar-refractivity contribution is 5.72. The van der Waals surface area contributed by atoms with Crippen molar-refractivity contribution in [3.63, 3.8) is 0 Å². The van der Waals surface area contributed by atoms with Crippen molar-refractivity contribution in [2.24, 2.45) is 0 Å². The van der Waals surface area contributed by atoms with Crippen LogP contribution >= 0.6 is 0 Å². The van der Waals surface area contributed by atoms with Gasteiger partial charge in [0, 0.05) is 63.5 Å². The van der Waals surface area contributed by atoms with Crippen molar-refractivity contribution in [2.75, 3.05) is 46.4 Å². The minimum Gasteiger partial charge on any atom is -0.465 e. The van der Waals surface area contributed by atoms with Crippen molar-refractivity contribution in [3.8, 4) is 5.69 Å². The standard InChI is InChI=1S/C27H29F3N4O3/c1-32-9-11-33(12-10-32)7-3-13-37-26(36)16-20-5-2-4-19(14-20)15-24-25(35)6-8-34(31-24)21-17-22(28)27(30)23(29)18-21/h2,4-6,8,14,17-18H,3,7,9-13,15-16H2,1H3. The van der Waals surface area contributed by atoms with E-state index in [2.05, 4.69) is 21.9 Å². The number of ether oxygens (including phenoxy) is 1. The third-order valence-corrected chi connectivity index (χ3v) is 6.30. The molecule has 196 valence electrons. The molecular formula is C27H29F3N4O3. The maximum absolute atomic E-state index is 13.6. The van der Waals surface area contributed by atoms with Crippen molar-refractivity contribution in [1.82, 2.24) is 19.6 Å². The van der Waals surface area contributed by atoms with Crippen LogP contribution in [0.2, 0.25) is 0 Å². The van der Waals surface area contributed by atoms with E-state index in [0.717, 1.165) is 67.1 Å². The predicted octanol–water partition coefficient (Wildman–Crippen LogP) is 2.96. The van der Waals surface area contributed by atoms with Crippen LogP contribution in [0.25, 0.3) is 5.69 Å². The summed E-state index contributed by atoms with van der Waals surface area (Å²) in [6.07, 6.45) is 2.28. The van der Waals surface area contributed by atoms with Crippen molar-refractivity contribution >= 4 is 5.97 Å². The summed E-state index contributed by atoms with van der Waals surface area (Å²) in [6, 6.07) is 9.99. The molecule has 7 nitrogen and oxygen atoms in total. The molecule has 1 fully saturated rings. The highest BCUT2D eigenvalue weighted by atomic mass is 19.2. The second kappa shape index (κ2) is 12.2. The predicted molar refractivity (Wildman–Crippen MR) is 132 cm³/mol. The summed E-state index contributed by atoms with van der Waals surface area (Å²) in [5.74, 6) is -4.60. The zero-order valence-electron chi connectivity index (χ0n) is 20.6. The Kier molecular flexibility index (Phi) is 8.73. The number of aromatic nitrogens is 2. The summed E-state index contributed by atoms with van der Waals surface area (Å²) in [5.41, 5.74) is 1.20. The lowest BCUT2D eigenvalue weighted by Gasteiger charge is -2.32. The smallest absolute Gasteiger partial charge is 0.310 e. The van der Waals surface area contributed by atoms with Gasteiger partial charge in [0.25, 0.3) is 0 Å². The molecule has 0 bridgehead atoms. The van der Waals surface area contributed by atoms with E-state index in [9.17, 15) is 22.8 Å². The van der Waals surface area contributed by atoms with E-state index in [1.165, 1.54) is 12.3 Å². The van der Waals surface area contributed by atoms with E-state index in [-0.39, 0.29) is 35.6 Å². The molecule has 0 saturated carbocycles. The Morgan fingerprint density at radius 3 is 2.43 bits per heavy atom. The van der Waals surface area contributed by atoms with E-state index in [1.54, 1.807) is 24.3 Å². The minimum atomic E-state index is -1.57. The van der Waals surface area contributed by atoms with Gasteiger partial charge in [0.1, 0.15) is 5.69 Å². The first-order valence-corrected chi connectivity index (χ1v) is 12.2. The molecule has 0 atom stereocenters. The number of hydrogen-bond donors (Lipinski definition) is 0. The summed E-state index contributed by atoms with van der Waals surface area (Å²) >= 11 is 0. The SMILES string of the molecule is CN1CCN(CCCOC(=O)Cc2cccc(Cc3nn(-c4cc(F)c(F)c(F)c4)ccc3=O)c2)CC1. The lowest BCUT2D eigenvalue weighted by molar-refractivity contribution is -0.143. The molecule has 37 heavy (non-hydrogen) atoms. The molecule has 0 amide bonds. The van der Waals surface area contributed by atoms with E-state index in [0.29, 0.717) is 6.61 Å². The van der Waals surface area contributed by atoms with Gasteiger partial charge in [-0.3, -0.25) is 9.59 Å². The Labute approximate surface area is 213 Å². The zero-order chi connectivity index (χ0) is 26.4. The van der Waals surface area contributed by atoms with E-state index in [4.69, 9.17) is 4.74 Å². The van der Waals surface area contributed by atoms with Gasteiger partial charge in [0.2, 0.25) is 5.43 Å². The molecule has 1 saturated heterocycles. The number of piperazine rings is 1. The first kappa shape index (κ1) is 26.6. The van der Waals surface area contributed by atoms with E-state index < -0.39 is 17.5 Å². The van der Waals surface area contributed by atoms with Crippen LogP contribution in [-0.4, -0.2) is 71.9 Å². The highest BCUT2D eigenvalue weighted by Crippen LogP contribution is 2.16. The molecule has 0 spiro atoms. The number of likely N-dealkylation sites (N-methyl/N-ethyl adjacent to an activating group) is 1. The maximum atomic E-state index is 13.6. The lowest BCUT2D eigenvalue weighted by atomic mass is 10.0. The average Bonchev–Trinajstić information content (AvgIpc) is 2.87. The third kappa shape index (κ3) is 7.27. The topological polar surface area (TPSA) is 67.7 Å². The summed E-state index contributed by atoms with van der Waals surface area (Å²) in [4.78, 5) is 29.3. The molecule has 0 N–H and O–H groups in total. The molecule has 3 aromatic rings. The van der Waals surface area contributed by atoms with Gasteiger partial charge in [-0.15, -0.1) is 0 Å². The largest absolute Gasteiger partial charge is 0.465 e. The van der Waals surface area contributed by atoms with Crippen LogP contribution in [0, 0.1) is 17.5 Å². The fourth-order valence-electron chi connectivity index (χ4n) is 4.19. The molecule has 4 rings (SSSR count). The number of nitrogens with zero attached hydrogens (tertiary/aromatic N) is 4. The zero-order valence-corrected chi connectivity index (χ0v) is 20.6. The van der Waals surface area contributed by atoms with Crippen molar-refractivity contribution in [2.45, 2.75) is 19.3 Å². The van der Waals surface area contributed by atoms with Crippen LogP contribution in [0.5, 0.6) is 0 Å². The molecule has 10 heteroatoms. The number of carbonyl (C=O) groups is 1. The Morgan fingerprint density at radius 1 is 1.00 bits per heavy atom. The number of halogens is 3. The molecule has 0 radical (unpaired) electrons. The molecular weight excluding hydrogens is 485 g/mol. The van der Waals surface area contributed by atoms with Crippen LogP contribution in [0.15, 0.2) is 53.5 Å². The third-order valence-electron chi connectivity index (χ3n) is 6.30. The van der Waals surface area contributed by atoms with Gasteiger partial charge in [-0.25, -0.2) is 17.9 Å². The van der Waals surface area contributed by atoms with Gasteiger partial charge in [-0.05, 0) is 24.6 Å². The second-order valence-corrected chi connectivity index (χ2v) is 9.19. The Morgan fingerprint density at radius 2 is 1.70 bits per heavy atom. The molecule has 0 aliphatic carbocycles. The summed E-state index contributed by atoms with van der Waals surface area (Å²) < 4.78 is 47.1. The van der Waals surface area contributed by atoms with Crippen LogP contribution in [0.4, 0.5) is 13.2 Å². The number of carbonyl (C=O) groups excluding carboxylic acids is 1. The normalized spacial score (nSPS) is 14.6. The number of esters is 1. The fourth-order valence-corrected chi connectivity index (χ4v) is 4.19.